The first kappa shape index (κ1) is 8.70. The summed E-state index contributed by atoms with van der Waals surface area (Å²) in [6, 6.07) is 2.14. The highest BCUT2D eigenvalue weighted by Crippen LogP contribution is 2.31. The molecule has 0 atom stereocenters. The monoisotopic (exact) mass is 170 g/mol. The van der Waals surface area contributed by atoms with Gasteiger partial charge < -0.3 is 25.4 Å². The maximum atomic E-state index is 9.02. The third-order valence-corrected chi connectivity index (χ3v) is 1.44. The number of phenolic OH excluding ortho intramolecular Hbond substituents is 3. The lowest BCUT2D eigenvalue weighted by atomic mass is 9.79. The lowest BCUT2D eigenvalue weighted by molar-refractivity contribution is 0.366. The van der Waals surface area contributed by atoms with E-state index in [2.05, 4.69) is 0 Å². The van der Waals surface area contributed by atoms with E-state index in [1.807, 2.05) is 0 Å². The van der Waals surface area contributed by atoms with E-state index >= 15 is 0 Å². The highest BCUT2D eigenvalue weighted by Gasteiger charge is 2.20. The first-order valence-electron chi connectivity index (χ1n) is 3.14. The van der Waals surface area contributed by atoms with E-state index in [1.165, 1.54) is 0 Å². The second-order valence-electron chi connectivity index (χ2n) is 2.24. The molecule has 5 N–H and O–H groups in total. The van der Waals surface area contributed by atoms with Gasteiger partial charge in [-0.3, -0.25) is 0 Å². The molecule has 0 aromatic heterocycles. The van der Waals surface area contributed by atoms with E-state index in [0.717, 1.165) is 12.1 Å². The van der Waals surface area contributed by atoms with Gasteiger partial charge in [0.1, 0.15) is 0 Å². The van der Waals surface area contributed by atoms with Crippen LogP contribution >= 0.6 is 0 Å². The molecule has 0 spiro atoms. The molecule has 0 unspecified atom stereocenters. The van der Waals surface area contributed by atoms with Crippen molar-refractivity contribution in [2.75, 3.05) is 0 Å². The van der Waals surface area contributed by atoms with Gasteiger partial charge in [-0.15, -0.1) is 0 Å². The standard InChI is InChI=1S/C6H7BO5/c8-4-2-1-3(7(11)12)5(9)6(4)10/h1-2,8-12H. The lowest BCUT2D eigenvalue weighted by Gasteiger charge is -2.05. The van der Waals surface area contributed by atoms with Gasteiger partial charge >= 0.3 is 7.12 Å². The fourth-order valence-corrected chi connectivity index (χ4v) is 0.793. The van der Waals surface area contributed by atoms with Gasteiger partial charge in [-0.2, -0.15) is 0 Å². The van der Waals surface area contributed by atoms with Crippen LogP contribution in [0.25, 0.3) is 0 Å². The summed E-state index contributed by atoms with van der Waals surface area (Å²) in [5, 5.41) is 44.0. The van der Waals surface area contributed by atoms with Gasteiger partial charge in [-0.25, -0.2) is 0 Å². The molecule has 0 saturated heterocycles. The van der Waals surface area contributed by atoms with Gasteiger partial charge in [0.05, 0.1) is 0 Å². The average molecular weight is 170 g/mol. The Morgan fingerprint density at radius 3 is 2.00 bits per heavy atom. The van der Waals surface area contributed by atoms with E-state index in [0.29, 0.717) is 0 Å². The molecule has 0 aliphatic rings. The van der Waals surface area contributed by atoms with E-state index in [1.54, 1.807) is 0 Å². The third-order valence-electron chi connectivity index (χ3n) is 1.44. The summed E-state index contributed by atoms with van der Waals surface area (Å²) in [6.07, 6.45) is 0. The molecule has 5 nitrogen and oxygen atoms in total. The van der Waals surface area contributed by atoms with Crippen molar-refractivity contribution in [2.24, 2.45) is 0 Å². The molecule has 0 aliphatic carbocycles. The first-order chi connectivity index (χ1) is 5.54. The van der Waals surface area contributed by atoms with Crippen molar-refractivity contribution in [2.45, 2.75) is 0 Å². The van der Waals surface area contributed by atoms with Crippen LogP contribution in [0.15, 0.2) is 12.1 Å². The minimum Gasteiger partial charge on any atom is -0.504 e. The smallest absolute Gasteiger partial charge is 0.492 e. The summed E-state index contributed by atoms with van der Waals surface area (Å²) in [7, 11) is -1.88. The molecule has 0 saturated carbocycles. The zero-order valence-corrected chi connectivity index (χ0v) is 5.97. The quantitative estimate of drug-likeness (QED) is 0.260. The predicted octanol–water partition coefficient (Wildman–Crippen LogP) is -1.52. The van der Waals surface area contributed by atoms with E-state index in [4.69, 9.17) is 25.4 Å². The Hall–Kier alpha value is -1.40. The Labute approximate surface area is 68.3 Å². The molecule has 0 aliphatic heterocycles. The van der Waals surface area contributed by atoms with Crippen molar-refractivity contribution >= 4 is 12.6 Å². The Balaban J connectivity index is 3.27. The molecule has 0 bridgehead atoms. The van der Waals surface area contributed by atoms with E-state index in [9.17, 15) is 0 Å². The zero-order valence-electron chi connectivity index (χ0n) is 5.97. The molecule has 12 heavy (non-hydrogen) atoms. The predicted molar refractivity (Wildman–Crippen MR) is 41.3 cm³/mol. The summed E-state index contributed by atoms with van der Waals surface area (Å²) in [5.41, 5.74) is -0.259. The second-order valence-corrected chi connectivity index (χ2v) is 2.24. The molecule has 1 aromatic rings. The van der Waals surface area contributed by atoms with Crippen LogP contribution in [-0.2, 0) is 0 Å². The number of hydrogen-bond acceptors (Lipinski definition) is 5. The minimum atomic E-state index is -1.88. The van der Waals surface area contributed by atoms with Crippen molar-refractivity contribution in [1.82, 2.24) is 0 Å². The van der Waals surface area contributed by atoms with Gasteiger partial charge in [0, 0.05) is 5.46 Å². The summed E-state index contributed by atoms with van der Waals surface area (Å²) < 4.78 is 0. The number of phenols is 3. The van der Waals surface area contributed by atoms with Crippen LogP contribution in [0, 0.1) is 0 Å². The Morgan fingerprint density at radius 1 is 0.917 bits per heavy atom. The molecule has 1 aromatic carbocycles. The van der Waals surface area contributed by atoms with Crippen LogP contribution < -0.4 is 5.46 Å². The zero-order chi connectivity index (χ0) is 9.30. The van der Waals surface area contributed by atoms with E-state index < -0.39 is 24.4 Å². The molecule has 0 heterocycles. The summed E-state index contributed by atoms with van der Waals surface area (Å²) in [5.74, 6) is -2.01. The maximum Gasteiger partial charge on any atom is 0.492 e. The van der Waals surface area contributed by atoms with E-state index in [-0.39, 0.29) is 5.46 Å². The van der Waals surface area contributed by atoms with Gasteiger partial charge in [0.15, 0.2) is 17.2 Å². The molecular weight excluding hydrogens is 163 g/mol. The van der Waals surface area contributed by atoms with Crippen molar-refractivity contribution < 1.29 is 25.4 Å². The minimum absolute atomic E-state index is 0.259. The van der Waals surface area contributed by atoms with Crippen molar-refractivity contribution in [1.29, 1.82) is 0 Å². The fraction of sp³-hybridized carbons (Fsp3) is 0. The molecule has 0 fully saturated rings. The highest BCUT2D eigenvalue weighted by atomic mass is 16.4. The SMILES string of the molecule is OB(O)c1ccc(O)c(O)c1O. The van der Waals surface area contributed by atoms with Crippen LogP contribution in [0.5, 0.6) is 17.2 Å². The van der Waals surface area contributed by atoms with Crippen LogP contribution in [-0.4, -0.2) is 32.5 Å². The molecular formula is C6H7BO5. The van der Waals surface area contributed by atoms with Crippen LogP contribution in [0.2, 0.25) is 0 Å². The summed E-state index contributed by atoms with van der Waals surface area (Å²) >= 11 is 0. The Kier molecular flexibility index (Phi) is 2.12. The van der Waals surface area contributed by atoms with Crippen molar-refractivity contribution in [3.63, 3.8) is 0 Å². The van der Waals surface area contributed by atoms with Crippen LogP contribution in [0.3, 0.4) is 0 Å². The number of hydrogen-bond donors (Lipinski definition) is 5. The first-order valence-corrected chi connectivity index (χ1v) is 3.14. The molecule has 64 valence electrons. The molecule has 0 radical (unpaired) electrons. The number of rotatable bonds is 1. The Bertz CT molecular complexity index is 298. The largest absolute Gasteiger partial charge is 0.504 e. The molecule has 0 amide bonds. The maximum absolute atomic E-state index is 9.02. The summed E-state index contributed by atoms with van der Waals surface area (Å²) in [4.78, 5) is 0. The topological polar surface area (TPSA) is 101 Å². The number of aromatic hydroxyl groups is 3. The summed E-state index contributed by atoms with van der Waals surface area (Å²) in [6.45, 7) is 0. The lowest BCUT2D eigenvalue weighted by Crippen LogP contribution is -2.29. The van der Waals surface area contributed by atoms with Gasteiger partial charge in [0.25, 0.3) is 0 Å². The van der Waals surface area contributed by atoms with Gasteiger partial charge in [-0.05, 0) is 6.07 Å². The molecule has 6 heteroatoms. The highest BCUT2D eigenvalue weighted by molar-refractivity contribution is 6.59. The normalized spacial score (nSPS) is 9.83. The second kappa shape index (κ2) is 2.92. The molecule has 1 rings (SSSR count). The number of benzene rings is 1. The fourth-order valence-electron chi connectivity index (χ4n) is 0.793. The Morgan fingerprint density at radius 2 is 1.50 bits per heavy atom. The van der Waals surface area contributed by atoms with Crippen molar-refractivity contribution in [3.8, 4) is 17.2 Å². The third kappa shape index (κ3) is 1.29. The average Bonchev–Trinajstić information content (AvgIpc) is 2.00. The van der Waals surface area contributed by atoms with Gasteiger partial charge in [0.2, 0.25) is 0 Å². The van der Waals surface area contributed by atoms with Crippen LogP contribution in [0.4, 0.5) is 0 Å². The van der Waals surface area contributed by atoms with Crippen LogP contribution in [0.1, 0.15) is 0 Å². The van der Waals surface area contributed by atoms with Crippen molar-refractivity contribution in [3.05, 3.63) is 12.1 Å². The van der Waals surface area contributed by atoms with Gasteiger partial charge in [-0.1, -0.05) is 6.07 Å².